The molecule has 0 unspecified atom stereocenters. The summed E-state index contributed by atoms with van der Waals surface area (Å²) in [5, 5.41) is 6.24. The number of aryl methyl sites for hydroxylation is 1. The number of thiophene rings is 1. The molecule has 0 fully saturated rings. The van der Waals surface area contributed by atoms with Crippen molar-refractivity contribution < 1.29 is 0 Å². The van der Waals surface area contributed by atoms with Gasteiger partial charge >= 0.3 is 0 Å². The molecular weight excluding hydrogens is 342 g/mol. The summed E-state index contributed by atoms with van der Waals surface area (Å²) in [7, 11) is 0. The molecule has 0 radical (unpaired) electrons. The number of hydrogen-bond donors (Lipinski definition) is 2. The fourth-order valence-corrected chi connectivity index (χ4v) is 3.84. The Hall–Kier alpha value is -2.76. The maximum atomic E-state index is 12.3. The summed E-state index contributed by atoms with van der Waals surface area (Å²) < 4.78 is 0. The van der Waals surface area contributed by atoms with Crippen LogP contribution in [0.25, 0.3) is 10.9 Å². The number of rotatable bonds is 5. The molecule has 0 spiro atoms. The van der Waals surface area contributed by atoms with Gasteiger partial charge in [-0.05, 0) is 36.1 Å². The third kappa shape index (κ3) is 3.45. The van der Waals surface area contributed by atoms with Crippen molar-refractivity contribution >= 4 is 22.2 Å². The van der Waals surface area contributed by atoms with Crippen molar-refractivity contribution in [3.8, 4) is 0 Å². The Bertz CT molecular complexity index is 1070. The summed E-state index contributed by atoms with van der Waals surface area (Å²) in [6.45, 7) is 2.57. The third-order valence-corrected chi connectivity index (χ3v) is 5.31. The molecule has 26 heavy (non-hydrogen) atoms. The number of para-hydroxylation sites is 1. The first-order valence-electron chi connectivity index (χ1n) is 8.52. The smallest absolute Gasteiger partial charge is 0.258 e. The van der Waals surface area contributed by atoms with E-state index in [0.29, 0.717) is 17.8 Å². The van der Waals surface area contributed by atoms with Gasteiger partial charge in [-0.1, -0.05) is 48.0 Å². The molecule has 130 valence electrons. The molecule has 0 aliphatic carbocycles. The van der Waals surface area contributed by atoms with Gasteiger partial charge < -0.3 is 4.98 Å². The van der Waals surface area contributed by atoms with Gasteiger partial charge in [-0.2, -0.15) is 0 Å². The number of nitrogens with zero attached hydrogens (tertiary/aromatic N) is 1. The highest BCUT2D eigenvalue weighted by atomic mass is 32.1. The second-order valence-corrected chi connectivity index (χ2v) is 7.25. The van der Waals surface area contributed by atoms with Crippen LogP contribution in [0.1, 0.15) is 27.9 Å². The number of fused-ring (bicyclic) bond motifs is 1. The fraction of sp³-hybridized carbons (Fsp3) is 0.143. The largest absolute Gasteiger partial charge is 0.309 e. The molecule has 4 rings (SSSR count). The lowest BCUT2D eigenvalue weighted by atomic mass is 10.0. The number of nitrogens with one attached hydrogen (secondary N) is 2. The van der Waals surface area contributed by atoms with Gasteiger partial charge in [0.25, 0.3) is 5.56 Å². The van der Waals surface area contributed by atoms with Crippen molar-refractivity contribution in [2.45, 2.75) is 19.5 Å². The first-order valence-corrected chi connectivity index (χ1v) is 9.40. The average Bonchev–Trinajstić information content (AvgIpc) is 3.18. The Balaban J connectivity index is 1.63. The van der Waals surface area contributed by atoms with Crippen LogP contribution in [0.4, 0.5) is 0 Å². The quantitative estimate of drug-likeness (QED) is 0.561. The van der Waals surface area contributed by atoms with E-state index < -0.39 is 0 Å². The maximum absolute atomic E-state index is 12.3. The van der Waals surface area contributed by atoms with Crippen molar-refractivity contribution in [3.05, 3.63) is 98.2 Å². The van der Waals surface area contributed by atoms with Crippen LogP contribution in [0.3, 0.4) is 0 Å². The zero-order valence-electron chi connectivity index (χ0n) is 14.4. The molecule has 5 heteroatoms. The minimum atomic E-state index is -0.101. The van der Waals surface area contributed by atoms with E-state index in [-0.39, 0.29) is 11.6 Å². The van der Waals surface area contributed by atoms with Gasteiger partial charge in [0.05, 0.1) is 23.5 Å². The molecule has 4 nitrogen and oxygen atoms in total. The lowest BCUT2D eigenvalue weighted by molar-refractivity contribution is 0.594. The molecular formula is C21H19N3OS. The summed E-state index contributed by atoms with van der Waals surface area (Å²) in [4.78, 5) is 21.0. The summed E-state index contributed by atoms with van der Waals surface area (Å²) in [6, 6.07) is 20.2. The average molecular weight is 361 g/mol. The normalized spacial score (nSPS) is 12.3. The van der Waals surface area contributed by atoms with E-state index >= 15 is 0 Å². The van der Waals surface area contributed by atoms with Gasteiger partial charge in [0.15, 0.2) is 0 Å². The van der Waals surface area contributed by atoms with Crippen molar-refractivity contribution in [2.24, 2.45) is 0 Å². The van der Waals surface area contributed by atoms with Crippen molar-refractivity contribution in [3.63, 3.8) is 0 Å². The highest BCUT2D eigenvalue weighted by molar-refractivity contribution is 7.10. The van der Waals surface area contributed by atoms with Crippen LogP contribution < -0.4 is 10.9 Å². The Kier molecular flexibility index (Phi) is 4.65. The van der Waals surface area contributed by atoms with Crippen LogP contribution in [-0.4, -0.2) is 9.97 Å². The molecule has 2 aromatic carbocycles. The van der Waals surface area contributed by atoms with Crippen LogP contribution in [0, 0.1) is 6.92 Å². The zero-order chi connectivity index (χ0) is 17.9. The lowest BCUT2D eigenvalue weighted by Gasteiger charge is -2.18. The molecule has 0 aliphatic rings. The second kappa shape index (κ2) is 7.23. The Labute approximate surface area is 155 Å². The van der Waals surface area contributed by atoms with E-state index in [1.165, 1.54) is 16.0 Å². The number of hydrogen-bond acceptors (Lipinski definition) is 4. The first kappa shape index (κ1) is 16.7. The summed E-state index contributed by atoms with van der Waals surface area (Å²) >= 11 is 1.72. The van der Waals surface area contributed by atoms with Crippen LogP contribution >= 0.6 is 11.3 Å². The van der Waals surface area contributed by atoms with E-state index in [4.69, 9.17) is 0 Å². The predicted octanol–water partition coefficient (Wildman–Crippen LogP) is 4.17. The molecule has 0 amide bonds. The maximum Gasteiger partial charge on any atom is 0.258 e. The Morgan fingerprint density at radius 1 is 1.08 bits per heavy atom. The van der Waals surface area contributed by atoms with Gasteiger partial charge in [0, 0.05) is 4.88 Å². The van der Waals surface area contributed by atoms with Gasteiger partial charge in [-0.25, -0.2) is 4.98 Å². The molecule has 2 aromatic heterocycles. The van der Waals surface area contributed by atoms with E-state index in [2.05, 4.69) is 64.0 Å². The number of H-pyrrole nitrogens is 1. The monoisotopic (exact) mass is 361 g/mol. The molecule has 4 aromatic rings. The summed E-state index contributed by atoms with van der Waals surface area (Å²) in [5.74, 6) is 0.641. The standard InChI is InChI=1S/C21H19N3OS/c1-14-8-10-15(11-9-14)20(18-7-4-12-26-18)22-13-19-23-17-6-3-2-5-16(17)21(25)24-19/h2-12,20,22H,13H2,1H3,(H,23,24,25)/t20-/m1/s1. The third-order valence-electron chi connectivity index (χ3n) is 4.37. The molecule has 2 N–H and O–H groups in total. The van der Waals surface area contributed by atoms with Crippen molar-refractivity contribution in [2.75, 3.05) is 0 Å². The van der Waals surface area contributed by atoms with Crippen molar-refractivity contribution in [1.29, 1.82) is 0 Å². The van der Waals surface area contributed by atoms with Gasteiger partial charge in [-0.3, -0.25) is 10.1 Å². The SMILES string of the molecule is Cc1ccc([C@@H](NCc2nc3ccccc3c(=O)[nH]2)c2cccs2)cc1. The zero-order valence-corrected chi connectivity index (χ0v) is 15.2. The predicted molar refractivity (Wildman–Crippen MR) is 107 cm³/mol. The lowest BCUT2D eigenvalue weighted by Crippen LogP contribution is -2.24. The van der Waals surface area contributed by atoms with Crippen LogP contribution in [0.15, 0.2) is 70.8 Å². The van der Waals surface area contributed by atoms with E-state index in [9.17, 15) is 4.79 Å². The first-order chi connectivity index (χ1) is 12.7. The van der Waals surface area contributed by atoms with E-state index in [1.807, 2.05) is 18.2 Å². The Morgan fingerprint density at radius 2 is 1.88 bits per heavy atom. The van der Waals surface area contributed by atoms with Crippen molar-refractivity contribution in [1.82, 2.24) is 15.3 Å². The minimum Gasteiger partial charge on any atom is -0.309 e. The fourth-order valence-electron chi connectivity index (χ4n) is 3.01. The van der Waals surface area contributed by atoms with Crippen LogP contribution in [0.2, 0.25) is 0 Å². The highest BCUT2D eigenvalue weighted by Crippen LogP contribution is 2.26. The topological polar surface area (TPSA) is 57.8 Å². The number of aromatic amines is 1. The molecule has 1 atom stereocenters. The van der Waals surface area contributed by atoms with Gasteiger partial charge in [0.2, 0.25) is 0 Å². The highest BCUT2D eigenvalue weighted by Gasteiger charge is 2.15. The number of benzene rings is 2. The van der Waals surface area contributed by atoms with E-state index in [0.717, 1.165) is 5.52 Å². The second-order valence-electron chi connectivity index (χ2n) is 6.27. The van der Waals surface area contributed by atoms with E-state index in [1.54, 1.807) is 17.4 Å². The summed E-state index contributed by atoms with van der Waals surface area (Å²) in [5.41, 5.74) is 3.05. The van der Waals surface area contributed by atoms with Crippen LogP contribution in [0.5, 0.6) is 0 Å². The Morgan fingerprint density at radius 3 is 2.65 bits per heavy atom. The molecule has 2 heterocycles. The molecule has 0 saturated heterocycles. The van der Waals surface area contributed by atoms with Crippen LogP contribution in [-0.2, 0) is 6.54 Å². The van der Waals surface area contributed by atoms with Gasteiger partial charge in [0.1, 0.15) is 5.82 Å². The molecule has 0 bridgehead atoms. The van der Waals surface area contributed by atoms with Gasteiger partial charge in [-0.15, -0.1) is 11.3 Å². The minimum absolute atomic E-state index is 0.0624. The molecule has 0 saturated carbocycles. The molecule has 0 aliphatic heterocycles. The number of aromatic nitrogens is 2. The summed E-state index contributed by atoms with van der Waals surface area (Å²) in [6.07, 6.45) is 0.